The van der Waals surface area contributed by atoms with Crippen molar-refractivity contribution in [3.63, 3.8) is 0 Å². The van der Waals surface area contributed by atoms with Crippen LogP contribution in [-0.4, -0.2) is 378 Å². The third-order valence-electron chi connectivity index (χ3n) is 27.6. The Morgan fingerprint density at radius 3 is 1.11 bits per heavy atom. The van der Waals surface area contributed by atoms with Crippen LogP contribution in [0.4, 0.5) is 9.59 Å². The van der Waals surface area contributed by atoms with Crippen molar-refractivity contribution in [2.24, 2.45) is 59.0 Å². The summed E-state index contributed by atoms with van der Waals surface area (Å²) in [4.78, 5) is 178. The van der Waals surface area contributed by atoms with Crippen molar-refractivity contribution < 1.29 is 101 Å². The quantitative estimate of drug-likeness (QED) is 0.0353. The van der Waals surface area contributed by atoms with Gasteiger partial charge in [-0.2, -0.15) is 0 Å². The number of nitrogens with zero attached hydrogens (tertiary/aromatic N) is 10. The Hall–Kier alpha value is -8.48. The Balaban J connectivity index is 0.000000597. The Bertz CT molecular complexity index is 4030. The maximum absolute atomic E-state index is 14.7. The summed E-state index contributed by atoms with van der Waals surface area (Å²) in [7, 11) is 16.1. The number of ether oxygens (including phenoxy) is 8. The molecule has 0 bridgehead atoms. The van der Waals surface area contributed by atoms with Gasteiger partial charge in [0.2, 0.25) is 35.4 Å². The Labute approximate surface area is 827 Å². The molecule has 4 heterocycles. The van der Waals surface area contributed by atoms with Crippen molar-refractivity contribution in [1.82, 2.24) is 59.6 Å². The summed E-state index contributed by atoms with van der Waals surface area (Å²) in [5, 5.41) is 15.1. The first kappa shape index (κ1) is 124. The maximum Gasteiger partial charge on any atom is 0.410 e. The molecule has 4 fully saturated rings. The van der Waals surface area contributed by atoms with Crippen LogP contribution in [0.25, 0.3) is 0 Å². The number of carbonyl (C=O) groups excluding carboxylic acids is 11. The molecule has 0 aliphatic carbocycles. The first-order chi connectivity index (χ1) is 64.3. The molecule has 788 valence electrons. The van der Waals surface area contributed by atoms with Gasteiger partial charge in [0.15, 0.2) is 5.78 Å². The number of nitrogens with two attached hydrogens (primary N) is 1. The molecule has 0 spiro atoms. The normalized spacial score (nSPS) is 19.1. The summed E-state index contributed by atoms with van der Waals surface area (Å²) in [5.74, 6) is -5.27. The highest BCUT2D eigenvalue weighted by molar-refractivity contribution is 5.91. The largest absolute Gasteiger partial charge is 0.480 e. The highest BCUT2D eigenvalue weighted by atomic mass is 16.6. The van der Waals surface area contributed by atoms with Crippen molar-refractivity contribution in [1.29, 1.82) is 0 Å². The molecular formula is C104H181N13O21. The van der Waals surface area contributed by atoms with E-state index in [1.54, 1.807) is 71.6 Å². The average molecular weight is 1950 g/mol. The molecular weight excluding hydrogens is 1770 g/mol. The number of ketones is 1. The summed E-state index contributed by atoms with van der Waals surface area (Å²) in [6.45, 7) is 47.9. The molecule has 5 N–H and O–H groups in total. The van der Waals surface area contributed by atoms with Crippen LogP contribution in [0.2, 0.25) is 0 Å². The van der Waals surface area contributed by atoms with Gasteiger partial charge in [-0.15, -0.1) is 0 Å². The molecule has 2 aromatic carbocycles. The standard InChI is InChI=1S/C52H88N6O10.C34H56N4O7.C17H33N3O4.CH4/c1-16-36(6)46(43(65-13)33-44(60)58-24-20-23-41(58)47(66-14)37(7)48(61)53-40(50(63)67-15)31-38-21-18-17-19-22-38)55(12)49(62)39(34(2)3)32-42(59)45(35(4)5)54(11)25-26-56-27-29-57(30-28-56)51(64)68-52(8,9)10;1-10-22(4)30(37(6)33(41)29(35)21(2)3)27(43-7)20-28(39)38-18-14-17-26(38)31(44-8)23(5)32(40)36-25(34(42)45-9)19-24-15-12-11-13-16-24;1-13(2)14(15(21)22)18(6)7-8-19-9-11-20(12-10-19)16(23)24-17(3,4)5;/h17-19,21-22,34-37,39-41,43,45-47H,16,20,23-33H2,1-15H3,(H,53,61);11-13,15-16,21-23,25-27,29-31H,10,14,17-20,35H2,1-9H3,(H,36,40);13-14H,7-12H2,1-6H3,(H,21,22);1H4/t36-,37+,39-,40-,41-,43+,45-,46-,47+;22-,23+,25-,26-,27+,29-,30-,31+;14-;/m000./s1. The second-order valence-electron chi connectivity index (χ2n) is 41.3. The average Bonchev–Trinajstić information content (AvgIpc) is 1.25. The lowest BCUT2D eigenvalue weighted by Crippen LogP contribution is -2.56. The minimum Gasteiger partial charge on any atom is -0.480 e. The lowest BCUT2D eigenvalue weighted by atomic mass is 9.83. The van der Waals surface area contributed by atoms with E-state index in [0.717, 1.165) is 76.1 Å². The van der Waals surface area contributed by atoms with Crippen LogP contribution in [0.3, 0.4) is 0 Å². The smallest absolute Gasteiger partial charge is 0.410 e. The zero-order chi connectivity index (χ0) is 103. The first-order valence-corrected chi connectivity index (χ1v) is 49.7. The number of likely N-dealkylation sites (N-methyl/N-ethyl adjacent to an activating group) is 4. The zero-order valence-electron chi connectivity index (χ0n) is 88.8. The minimum atomic E-state index is -0.903. The van der Waals surface area contributed by atoms with Crippen LogP contribution in [0.1, 0.15) is 215 Å². The van der Waals surface area contributed by atoms with Crippen molar-refractivity contribution in [3.05, 3.63) is 71.8 Å². The highest BCUT2D eigenvalue weighted by Gasteiger charge is 2.47. The maximum atomic E-state index is 14.7. The molecule has 4 saturated heterocycles. The molecule has 0 radical (unpaired) electrons. The number of Topliss-reactive ketones (excluding diaryl/α,β-unsaturated/α-hetero) is 1. The molecule has 138 heavy (non-hydrogen) atoms. The number of hydrogen-bond donors (Lipinski definition) is 4. The van der Waals surface area contributed by atoms with Gasteiger partial charge in [-0.05, 0) is 128 Å². The van der Waals surface area contributed by atoms with Gasteiger partial charge >= 0.3 is 30.1 Å². The molecule has 4 aliphatic heterocycles. The third kappa shape index (κ3) is 38.1. The monoisotopic (exact) mass is 1950 g/mol. The second kappa shape index (κ2) is 60.1. The van der Waals surface area contributed by atoms with Gasteiger partial charge in [-0.1, -0.05) is 178 Å². The van der Waals surface area contributed by atoms with Gasteiger partial charge in [0, 0.05) is 159 Å². The molecule has 18 atom stereocenters. The van der Waals surface area contributed by atoms with E-state index in [1.807, 2.05) is 190 Å². The van der Waals surface area contributed by atoms with Gasteiger partial charge in [0.25, 0.3) is 0 Å². The zero-order valence-corrected chi connectivity index (χ0v) is 88.8. The summed E-state index contributed by atoms with van der Waals surface area (Å²) >= 11 is 0. The van der Waals surface area contributed by atoms with Gasteiger partial charge in [-0.3, -0.25) is 58.0 Å². The van der Waals surface area contributed by atoms with Gasteiger partial charge in [0.1, 0.15) is 29.3 Å². The second-order valence-corrected chi connectivity index (χ2v) is 41.3. The molecule has 0 aromatic heterocycles. The van der Waals surface area contributed by atoms with Crippen molar-refractivity contribution in [2.75, 3.05) is 162 Å². The Morgan fingerprint density at radius 1 is 0.464 bits per heavy atom. The number of nitrogens with one attached hydrogen (secondary N) is 2. The van der Waals surface area contributed by atoms with Crippen molar-refractivity contribution >= 4 is 71.3 Å². The summed E-state index contributed by atoms with van der Waals surface area (Å²) in [5.41, 5.74) is 6.95. The number of carboxylic acid groups (broad SMARTS) is 1. The molecule has 8 amide bonds. The fourth-order valence-corrected chi connectivity index (χ4v) is 19.3. The van der Waals surface area contributed by atoms with Crippen LogP contribution < -0.4 is 16.4 Å². The Morgan fingerprint density at radius 2 is 0.812 bits per heavy atom. The number of piperazine rings is 2. The number of aliphatic carboxylic acids is 1. The number of carbonyl (C=O) groups is 12. The van der Waals surface area contributed by atoms with E-state index in [4.69, 9.17) is 43.6 Å². The topological polar surface area (TPSA) is 381 Å². The van der Waals surface area contributed by atoms with Crippen LogP contribution in [0, 0.1) is 53.3 Å². The molecule has 6 rings (SSSR count). The molecule has 4 aliphatic rings. The predicted molar refractivity (Wildman–Crippen MR) is 537 cm³/mol. The highest BCUT2D eigenvalue weighted by Crippen LogP contribution is 2.35. The van der Waals surface area contributed by atoms with E-state index in [1.165, 1.54) is 28.4 Å². The fraction of sp³-hybridized carbons (Fsp3) is 0.769. The molecule has 2 aromatic rings. The number of rotatable bonds is 48. The Kier molecular flexibility index (Phi) is 53.8. The molecule has 34 heteroatoms. The van der Waals surface area contributed by atoms with Gasteiger partial charge in [0.05, 0.1) is 99.6 Å². The van der Waals surface area contributed by atoms with Crippen molar-refractivity contribution in [2.45, 2.75) is 307 Å². The van der Waals surface area contributed by atoms with Gasteiger partial charge < -0.3 is 88.8 Å². The van der Waals surface area contributed by atoms with E-state index in [2.05, 4.69) is 39.2 Å². The number of methoxy groups -OCH3 is 6. The number of hydrogen-bond acceptors (Lipinski definition) is 25. The van der Waals surface area contributed by atoms with E-state index in [9.17, 15) is 62.6 Å². The molecule has 0 saturated carbocycles. The van der Waals surface area contributed by atoms with Crippen LogP contribution in [0.15, 0.2) is 60.7 Å². The summed E-state index contributed by atoms with van der Waals surface area (Å²) in [6.07, 6.45) is 1.94. The third-order valence-corrected chi connectivity index (χ3v) is 27.6. The SMILES string of the molecule is C.CC(C)[C@@H](C(=O)O)N(C)CCN1CCN(C(=O)OC(C)(C)C)CC1.CC[C@H](C)[C@@H]([C@@H](CC(=O)N1CCC[C@H]1[C@H](OC)[C@@H](C)C(=O)N[C@@H](Cc1ccccc1)C(=O)OC)OC)N(C)C(=O)[C@@H](CC(=O)[C@H](C(C)C)N(C)CCN1CCN(C(=O)OC(C)(C)C)CC1)C(C)C.CC[C@H](C)[C@@H]([C@@H](CC(=O)N1CCC[C@H]1[C@H](OC)[C@@H](C)C(=O)N[C@@H](Cc1ccccc1)C(=O)OC)OC)N(C)C(=O)[C@@H](N)C(C)C. The molecule has 0 unspecified atom stereocenters. The predicted octanol–water partition coefficient (Wildman–Crippen LogP) is 10.6. The first-order valence-electron chi connectivity index (χ1n) is 49.7. The van der Waals surface area contributed by atoms with E-state index in [-0.39, 0.29) is 141 Å². The van der Waals surface area contributed by atoms with E-state index < -0.39 is 114 Å². The lowest BCUT2D eigenvalue weighted by Gasteiger charge is -2.41. The van der Waals surface area contributed by atoms with E-state index in [0.29, 0.717) is 65.2 Å². The number of carboxylic acids is 1. The van der Waals surface area contributed by atoms with E-state index >= 15 is 0 Å². The van der Waals surface area contributed by atoms with Crippen LogP contribution >= 0.6 is 0 Å². The lowest BCUT2D eigenvalue weighted by molar-refractivity contribution is -0.150. The van der Waals surface area contributed by atoms with Crippen molar-refractivity contribution in [3.8, 4) is 0 Å². The number of benzene rings is 2. The number of likely N-dealkylation sites (tertiary alicyclic amines) is 2. The number of esters is 2. The molecule has 34 nitrogen and oxygen atoms in total. The summed E-state index contributed by atoms with van der Waals surface area (Å²) < 4.78 is 44.8. The summed E-state index contributed by atoms with van der Waals surface area (Å²) in [6, 6.07) is 13.9. The number of amides is 8. The van der Waals surface area contributed by atoms with Crippen LogP contribution in [-0.2, 0) is 98.7 Å². The minimum absolute atomic E-state index is 0. The van der Waals surface area contributed by atoms with Gasteiger partial charge in [-0.25, -0.2) is 19.2 Å². The fourth-order valence-electron chi connectivity index (χ4n) is 19.3. The van der Waals surface area contributed by atoms with Crippen LogP contribution in [0.5, 0.6) is 0 Å².